The zero-order chi connectivity index (χ0) is 23.3. The summed E-state index contributed by atoms with van der Waals surface area (Å²) >= 11 is 0. The van der Waals surface area contributed by atoms with Crippen LogP contribution in [-0.4, -0.2) is 72.1 Å². The van der Waals surface area contributed by atoms with Crippen molar-refractivity contribution in [3.63, 3.8) is 0 Å². The summed E-state index contributed by atoms with van der Waals surface area (Å²) in [7, 11) is 1.62. The van der Waals surface area contributed by atoms with Crippen LogP contribution in [0, 0.1) is 6.92 Å². The molecule has 0 radical (unpaired) electrons. The van der Waals surface area contributed by atoms with E-state index in [0.29, 0.717) is 26.0 Å². The van der Waals surface area contributed by atoms with E-state index in [1.807, 2.05) is 43.3 Å². The summed E-state index contributed by atoms with van der Waals surface area (Å²) in [6.07, 6.45) is 5.17. The summed E-state index contributed by atoms with van der Waals surface area (Å²) in [4.78, 5) is 32.4. The van der Waals surface area contributed by atoms with Crippen LogP contribution in [0.3, 0.4) is 0 Å². The minimum Gasteiger partial charge on any atom is -0.383 e. The van der Waals surface area contributed by atoms with Gasteiger partial charge in [0.25, 0.3) is 5.91 Å². The van der Waals surface area contributed by atoms with Gasteiger partial charge in [0.15, 0.2) is 0 Å². The van der Waals surface area contributed by atoms with Crippen molar-refractivity contribution in [2.75, 3.05) is 39.9 Å². The Morgan fingerprint density at radius 3 is 2.48 bits per heavy atom. The van der Waals surface area contributed by atoms with Crippen LogP contribution in [0.25, 0.3) is 6.08 Å². The van der Waals surface area contributed by atoms with Crippen LogP contribution in [0.2, 0.25) is 0 Å². The summed E-state index contributed by atoms with van der Waals surface area (Å²) in [5, 5.41) is 0. The fourth-order valence-corrected chi connectivity index (χ4v) is 4.91. The number of piperidine rings is 1. The quantitative estimate of drug-likeness (QED) is 0.575. The predicted octanol–water partition coefficient (Wildman–Crippen LogP) is 3.95. The Bertz CT molecular complexity index is 997. The Labute approximate surface area is 196 Å². The molecule has 0 unspecified atom stereocenters. The first kappa shape index (κ1) is 23.2. The van der Waals surface area contributed by atoms with Crippen molar-refractivity contribution in [2.24, 2.45) is 0 Å². The maximum Gasteiger partial charge on any atom is 0.328 e. The van der Waals surface area contributed by atoms with Crippen LogP contribution in [0.15, 0.2) is 60.7 Å². The molecule has 2 heterocycles. The van der Waals surface area contributed by atoms with Crippen molar-refractivity contribution in [2.45, 2.75) is 31.8 Å². The van der Waals surface area contributed by atoms with Crippen LogP contribution in [0.5, 0.6) is 0 Å². The molecule has 0 aliphatic carbocycles. The van der Waals surface area contributed by atoms with E-state index < -0.39 is 5.54 Å². The molecule has 2 aromatic rings. The molecule has 0 bridgehead atoms. The number of benzene rings is 2. The van der Waals surface area contributed by atoms with E-state index in [0.717, 1.165) is 25.2 Å². The first-order valence-electron chi connectivity index (χ1n) is 11.7. The highest BCUT2D eigenvalue weighted by atomic mass is 16.5. The normalized spacial score (nSPS) is 18.7. The molecule has 0 atom stereocenters. The molecule has 33 heavy (non-hydrogen) atoms. The Balaban J connectivity index is 1.46. The molecule has 2 fully saturated rings. The van der Waals surface area contributed by atoms with E-state index in [1.165, 1.54) is 16.0 Å². The van der Waals surface area contributed by atoms with Crippen LogP contribution >= 0.6 is 0 Å². The summed E-state index contributed by atoms with van der Waals surface area (Å²) in [5.74, 6) is -0.0724. The lowest BCUT2D eigenvalue weighted by Crippen LogP contribution is -2.57. The number of nitrogens with zero attached hydrogens (tertiary/aromatic N) is 3. The number of likely N-dealkylation sites (tertiary alicyclic amines) is 1. The number of methoxy groups -OCH3 is 1. The van der Waals surface area contributed by atoms with E-state index in [-0.39, 0.29) is 18.5 Å². The molecule has 174 valence electrons. The summed E-state index contributed by atoms with van der Waals surface area (Å²) in [5.41, 5.74) is 2.74. The number of ether oxygens (including phenoxy) is 1. The number of aryl methyl sites for hydroxylation is 1. The number of imide groups is 1. The Morgan fingerprint density at radius 2 is 1.79 bits per heavy atom. The third-order valence-corrected chi connectivity index (χ3v) is 6.71. The van der Waals surface area contributed by atoms with Crippen molar-refractivity contribution in [3.05, 3.63) is 77.4 Å². The first-order valence-corrected chi connectivity index (χ1v) is 11.7. The van der Waals surface area contributed by atoms with Crippen molar-refractivity contribution in [1.29, 1.82) is 0 Å². The lowest BCUT2D eigenvalue weighted by Gasteiger charge is -2.42. The first-order chi connectivity index (χ1) is 16.0. The molecule has 0 saturated carbocycles. The number of rotatable bonds is 8. The Hall–Kier alpha value is -2.96. The van der Waals surface area contributed by atoms with E-state index in [9.17, 15) is 9.59 Å². The molecule has 4 rings (SSSR count). The molecule has 0 N–H and O–H groups in total. The smallest absolute Gasteiger partial charge is 0.328 e. The number of carbonyl (C=O) groups is 2. The van der Waals surface area contributed by atoms with Crippen molar-refractivity contribution >= 4 is 18.0 Å². The van der Waals surface area contributed by atoms with Gasteiger partial charge in [0, 0.05) is 39.8 Å². The van der Waals surface area contributed by atoms with Gasteiger partial charge >= 0.3 is 6.03 Å². The average Bonchev–Trinajstić information content (AvgIpc) is 3.01. The Kier molecular flexibility index (Phi) is 7.26. The summed E-state index contributed by atoms with van der Waals surface area (Å²) < 4.78 is 5.26. The molecule has 6 nitrogen and oxygen atoms in total. The van der Waals surface area contributed by atoms with E-state index in [4.69, 9.17) is 4.74 Å². The topological polar surface area (TPSA) is 53.1 Å². The zero-order valence-corrected chi connectivity index (χ0v) is 19.6. The maximum absolute atomic E-state index is 13.6. The van der Waals surface area contributed by atoms with Crippen molar-refractivity contribution < 1.29 is 14.3 Å². The minimum atomic E-state index is -0.764. The number of urea groups is 1. The van der Waals surface area contributed by atoms with Gasteiger partial charge in [-0.2, -0.15) is 0 Å². The van der Waals surface area contributed by atoms with Crippen LogP contribution in [-0.2, 0) is 16.1 Å². The highest BCUT2D eigenvalue weighted by Crippen LogP contribution is 2.37. The number of amides is 3. The highest BCUT2D eigenvalue weighted by Gasteiger charge is 2.57. The minimum absolute atomic E-state index is 0.0724. The second kappa shape index (κ2) is 10.3. The molecule has 2 aromatic carbocycles. The van der Waals surface area contributed by atoms with Gasteiger partial charge in [0.1, 0.15) is 5.54 Å². The number of carbonyl (C=O) groups excluding carboxylic acids is 2. The van der Waals surface area contributed by atoms with Gasteiger partial charge in [-0.15, -0.1) is 0 Å². The molecule has 6 heteroatoms. The fourth-order valence-electron chi connectivity index (χ4n) is 4.91. The van der Waals surface area contributed by atoms with Gasteiger partial charge < -0.3 is 9.64 Å². The zero-order valence-electron chi connectivity index (χ0n) is 19.6. The number of hydrogen-bond acceptors (Lipinski definition) is 4. The summed E-state index contributed by atoms with van der Waals surface area (Å²) in [6.45, 7) is 5.60. The van der Waals surface area contributed by atoms with Crippen LogP contribution in [0.4, 0.5) is 4.79 Å². The molecular weight excluding hydrogens is 414 g/mol. The second-order valence-electron chi connectivity index (χ2n) is 8.95. The van der Waals surface area contributed by atoms with Gasteiger partial charge in [-0.25, -0.2) is 4.79 Å². The van der Waals surface area contributed by atoms with Gasteiger partial charge in [0.05, 0.1) is 6.61 Å². The third-order valence-electron chi connectivity index (χ3n) is 6.71. The monoisotopic (exact) mass is 447 g/mol. The van der Waals surface area contributed by atoms with E-state index >= 15 is 0 Å². The van der Waals surface area contributed by atoms with Gasteiger partial charge in [-0.3, -0.25) is 14.6 Å². The molecule has 2 aliphatic rings. The summed E-state index contributed by atoms with van der Waals surface area (Å²) in [6, 6.07) is 18.3. The molecule has 3 amide bonds. The lowest BCUT2D eigenvalue weighted by atomic mass is 9.85. The highest BCUT2D eigenvalue weighted by molar-refractivity contribution is 6.07. The van der Waals surface area contributed by atoms with Crippen molar-refractivity contribution in [1.82, 2.24) is 14.7 Å². The van der Waals surface area contributed by atoms with Crippen molar-refractivity contribution in [3.8, 4) is 0 Å². The maximum atomic E-state index is 13.6. The van der Waals surface area contributed by atoms with Crippen LogP contribution in [0.1, 0.15) is 29.5 Å². The second-order valence-corrected chi connectivity index (χ2v) is 8.95. The van der Waals surface area contributed by atoms with Gasteiger partial charge in [0.2, 0.25) is 0 Å². The van der Waals surface area contributed by atoms with E-state index in [2.05, 4.69) is 35.2 Å². The average molecular weight is 448 g/mol. The van der Waals surface area contributed by atoms with Gasteiger partial charge in [-0.1, -0.05) is 72.3 Å². The number of hydrogen-bond donors (Lipinski definition) is 0. The fraction of sp³-hybridized carbons (Fsp3) is 0.407. The third kappa shape index (κ3) is 5.02. The molecular formula is C27H33N3O3. The van der Waals surface area contributed by atoms with Crippen LogP contribution < -0.4 is 0 Å². The van der Waals surface area contributed by atoms with Gasteiger partial charge in [-0.05, 0) is 30.9 Å². The molecule has 2 saturated heterocycles. The lowest BCUT2D eigenvalue weighted by molar-refractivity contribution is -0.135. The largest absolute Gasteiger partial charge is 0.383 e. The molecule has 0 aromatic heterocycles. The SMILES string of the molecule is COCCN1C(=O)N(C/C=C/c2cccc(C)c2)C(=O)C12CCN(Cc1ccccc1)CC2. The molecule has 2 aliphatic heterocycles. The standard InChI is InChI=1S/C27H33N3O3/c1-22-8-6-11-23(20-22)12-7-15-29-25(31)27(30(26(29)32)18-19-33-2)13-16-28(17-14-27)21-24-9-4-3-5-10-24/h3-12,20H,13-19,21H2,1-2H3/b12-7+. The molecule has 1 spiro atoms. The Morgan fingerprint density at radius 1 is 1.03 bits per heavy atom. The predicted molar refractivity (Wildman–Crippen MR) is 130 cm³/mol. The van der Waals surface area contributed by atoms with E-state index in [1.54, 1.807) is 12.0 Å².